The van der Waals surface area contributed by atoms with Crippen LogP contribution in [-0.4, -0.2) is 16.4 Å². The molecule has 1 aromatic carbocycles. The lowest BCUT2D eigenvalue weighted by atomic mass is 10.1. The van der Waals surface area contributed by atoms with Crippen LogP contribution in [0.1, 0.15) is 38.7 Å². The van der Waals surface area contributed by atoms with Crippen molar-refractivity contribution in [2.24, 2.45) is 5.92 Å². The van der Waals surface area contributed by atoms with E-state index in [1.807, 2.05) is 39.1 Å². The van der Waals surface area contributed by atoms with Gasteiger partial charge in [0.05, 0.1) is 5.69 Å². The van der Waals surface area contributed by atoms with Gasteiger partial charge in [0.2, 0.25) is 5.91 Å². The third-order valence-corrected chi connectivity index (χ3v) is 3.98. The number of amides is 1. The second-order valence-electron chi connectivity index (χ2n) is 7.17. The lowest BCUT2D eigenvalue weighted by Crippen LogP contribution is -2.41. The summed E-state index contributed by atoms with van der Waals surface area (Å²) in [5.41, 5.74) is 2.58. The smallest absolute Gasteiger partial charge is 0.224 e. The summed E-state index contributed by atoms with van der Waals surface area (Å²) in [6.45, 7) is 5.96. The molecule has 0 bridgehead atoms. The maximum absolute atomic E-state index is 13.0. The Labute approximate surface area is 135 Å². The monoisotopic (exact) mass is 312 g/mol. The second kappa shape index (κ2) is 5.76. The SMILES string of the molecule is CC(C)(C)NC(=O)C1CC1c1ccc(-c2ccc(F)cc2)nc1. The van der Waals surface area contributed by atoms with Crippen molar-refractivity contribution in [2.45, 2.75) is 38.6 Å². The molecule has 3 nitrogen and oxygen atoms in total. The largest absolute Gasteiger partial charge is 0.351 e. The number of rotatable bonds is 3. The lowest BCUT2D eigenvalue weighted by molar-refractivity contribution is -0.123. The molecule has 0 saturated heterocycles. The van der Waals surface area contributed by atoms with Crippen molar-refractivity contribution in [3.63, 3.8) is 0 Å². The molecule has 0 aliphatic heterocycles. The van der Waals surface area contributed by atoms with Crippen LogP contribution < -0.4 is 5.32 Å². The Morgan fingerprint density at radius 2 is 1.87 bits per heavy atom. The van der Waals surface area contributed by atoms with Crippen molar-refractivity contribution in [1.82, 2.24) is 10.3 Å². The van der Waals surface area contributed by atoms with Crippen molar-refractivity contribution >= 4 is 5.91 Å². The fourth-order valence-corrected chi connectivity index (χ4v) is 2.73. The van der Waals surface area contributed by atoms with E-state index in [-0.39, 0.29) is 29.1 Å². The molecule has 1 fully saturated rings. The van der Waals surface area contributed by atoms with Crippen LogP contribution >= 0.6 is 0 Å². The van der Waals surface area contributed by atoms with E-state index in [1.165, 1.54) is 12.1 Å². The van der Waals surface area contributed by atoms with Gasteiger partial charge in [0.1, 0.15) is 5.82 Å². The first-order valence-corrected chi connectivity index (χ1v) is 7.87. The summed E-state index contributed by atoms with van der Waals surface area (Å²) in [6, 6.07) is 10.2. The van der Waals surface area contributed by atoms with Gasteiger partial charge in [0.15, 0.2) is 0 Å². The first-order valence-electron chi connectivity index (χ1n) is 7.87. The summed E-state index contributed by atoms with van der Waals surface area (Å²) in [5, 5.41) is 3.03. The molecule has 1 aliphatic carbocycles. The van der Waals surface area contributed by atoms with Gasteiger partial charge >= 0.3 is 0 Å². The van der Waals surface area contributed by atoms with Gasteiger partial charge < -0.3 is 5.32 Å². The molecular weight excluding hydrogens is 291 g/mol. The highest BCUT2D eigenvalue weighted by molar-refractivity contribution is 5.83. The minimum absolute atomic E-state index is 0.0488. The van der Waals surface area contributed by atoms with Crippen LogP contribution in [0, 0.1) is 11.7 Å². The average Bonchev–Trinajstić information content (AvgIpc) is 3.27. The van der Waals surface area contributed by atoms with E-state index in [9.17, 15) is 9.18 Å². The average molecular weight is 312 g/mol. The number of benzene rings is 1. The predicted octanol–water partition coefficient (Wildman–Crippen LogP) is 3.91. The molecule has 0 radical (unpaired) electrons. The minimum atomic E-state index is -0.254. The minimum Gasteiger partial charge on any atom is -0.351 e. The molecule has 23 heavy (non-hydrogen) atoms. The van der Waals surface area contributed by atoms with Gasteiger partial charge in [-0.2, -0.15) is 0 Å². The first-order chi connectivity index (χ1) is 10.8. The maximum Gasteiger partial charge on any atom is 0.224 e. The summed E-state index contributed by atoms with van der Waals surface area (Å²) in [4.78, 5) is 16.6. The van der Waals surface area contributed by atoms with Gasteiger partial charge in [-0.1, -0.05) is 6.07 Å². The zero-order chi connectivity index (χ0) is 16.6. The van der Waals surface area contributed by atoms with E-state index >= 15 is 0 Å². The Morgan fingerprint density at radius 1 is 1.17 bits per heavy atom. The van der Waals surface area contributed by atoms with Crippen molar-refractivity contribution in [3.05, 3.63) is 54.0 Å². The molecular formula is C19H21FN2O. The van der Waals surface area contributed by atoms with Gasteiger partial charge in [-0.3, -0.25) is 9.78 Å². The summed E-state index contributed by atoms with van der Waals surface area (Å²) >= 11 is 0. The van der Waals surface area contributed by atoms with E-state index < -0.39 is 0 Å². The van der Waals surface area contributed by atoms with Gasteiger partial charge in [-0.15, -0.1) is 0 Å². The predicted molar refractivity (Wildman–Crippen MR) is 88.4 cm³/mol. The fraction of sp³-hybridized carbons (Fsp3) is 0.368. The number of carbonyl (C=O) groups excluding carboxylic acids is 1. The summed E-state index contributed by atoms with van der Waals surface area (Å²) < 4.78 is 13.0. The number of nitrogens with zero attached hydrogens (tertiary/aromatic N) is 1. The Balaban J connectivity index is 1.67. The molecule has 2 unspecified atom stereocenters. The molecule has 4 heteroatoms. The van der Waals surface area contributed by atoms with Crippen molar-refractivity contribution in [3.8, 4) is 11.3 Å². The first kappa shape index (κ1) is 15.7. The summed E-state index contributed by atoms with van der Waals surface area (Å²) in [6.07, 6.45) is 2.70. The summed E-state index contributed by atoms with van der Waals surface area (Å²) in [5.74, 6) is 0.168. The van der Waals surface area contributed by atoms with Crippen LogP contribution in [0.25, 0.3) is 11.3 Å². The summed E-state index contributed by atoms with van der Waals surface area (Å²) in [7, 11) is 0. The fourth-order valence-electron chi connectivity index (χ4n) is 2.73. The number of nitrogens with one attached hydrogen (secondary N) is 1. The van der Waals surface area contributed by atoms with Gasteiger partial charge in [0, 0.05) is 23.2 Å². The maximum atomic E-state index is 13.0. The molecule has 1 heterocycles. The van der Waals surface area contributed by atoms with Crippen molar-refractivity contribution < 1.29 is 9.18 Å². The Morgan fingerprint density at radius 3 is 2.43 bits per heavy atom. The van der Waals surface area contributed by atoms with E-state index in [0.29, 0.717) is 0 Å². The third kappa shape index (κ3) is 3.76. The zero-order valence-corrected chi connectivity index (χ0v) is 13.6. The topological polar surface area (TPSA) is 42.0 Å². The molecule has 1 amide bonds. The molecule has 1 saturated carbocycles. The molecule has 120 valence electrons. The number of halogens is 1. The number of carbonyl (C=O) groups is 1. The Bertz CT molecular complexity index is 702. The van der Waals surface area contributed by atoms with Crippen molar-refractivity contribution in [1.29, 1.82) is 0 Å². The molecule has 2 aromatic rings. The normalized spacial score (nSPS) is 20.2. The Hall–Kier alpha value is -2.23. The highest BCUT2D eigenvalue weighted by Gasteiger charge is 2.44. The van der Waals surface area contributed by atoms with Gasteiger partial charge in [-0.05, 0) is 69.0 Å². The number of hydrogen-bond donors (Lipinski definition) is 1. The van der Waals surface area contributed by atoms with Crippen LogP contribution in [0.4, 0.5) is 4.39 Å². The van der Waals surface area contributed by atoms with E-state index in [1.54, 1.807) is 12.1 Å². The van der Waals surface area contributed by atoms with Crippen LogP contribution in [0.2, 0.25) is 0 Å². The molecule has 2 atom stereocenters. The lowest BCUT2D eigenvalue weighted by Gasteiger charge is -2.20. The van der Waals surface area contributed by atoms with Gasteiger partial charge in [0.25, 0.3) is 0 Å². The quantitative estimate of drug-likeness (QED) is 0.934. The molecule has 1 N–H and O–H groups in total. The van der Waals surface area contributed by atoms with Crippen LogP contribution in [-0.2, 0) is 4.79 Å². The standard InChI is InChI=1S/C19H21FN2O/c1-19(2,3)22-18(23)16-10-15(16)13-6-9-17(21-11-13)12-4-7-14(20)8-5-12/h4-9,11,15-16H,10H2,1-3H3,(H,22,23). The van der Waals surface area contributed by atoms with E-state index in [0.717, 1.165) is 23.2 Å². The molecule has 0 spiro atoms. The van der Waals surface area contributed by atoms with Crippen LogP contribution in [0.5, 0.6) is 0 Å². The number of aromatic nitrogens is 1. The molecule has 1 aromatic heterocycles. The number of pyridine rings is 1. The van der Waals surface area contributed by atoms with E-state index in [2.05, 4.69) is 10.3 Å². The van der Waals surface area contributed by atoms with Crippen LogP contribution in [0.15, 0.2) is 42.6 Å². The van der Waals surface area contributed by atoms with Crippen molar-refractivity contribution in [2.75, 3.05) is 0 Å². The van der Waals surface area contributed by atoms with Crippen LogP contribution in [0.3, 0.4) is 0 Å². The second-order valence-corrected chi connectivity index (χ2v) is 7.17. The zero-order valence-electron chi connectivity index (χ0n) is 13.6. The third-order valence-electron chi connectivity index (χ3n) is 3.98. The number of hydrogen-bond acceptors (Lipinski definition) is 2. The Kier molecular flexibility index (Phi) is 3.92. The highest BCUT2D eigenvalue weighted by Crippen LogP contribution is 2.47. The van der Waals surface area contributed by atoms with Gasteiger partial charge in [-0.25, -0.2) is 4.39 Å². The highest BCUT2D eigenvalue weighted by atomic mass is 19.1. The molecule has 1 aliphatic rings. The van der Waals surface area contributed by atoms with E-state index in [4.69, 9.17) is 0 Å². The molecule has 3 rings (SSSR count).